The number of carboxylic acid groups (broad SMARTS) is 1. The van der Waals surface area contributed by atoms with E-state index in [-0.39, 0.29) is 5.03 Å². The lowest BCUT2D eigenvalue weighted by Gasteiger charge is -2.07. The van der Waals surface area contributed by atoms with Gasteiger partial charge in [0.1, 0.15) is 5.03 Å². The molecule has 0 amide bonds. The second-order valence-electron chi connectivity index (χ2n) is 2.04. The summed E-state index contributed by atoms with van der Waals surface area (Å²) in [7, 11) is 0. The molecule has 1 N–H and O–H groups in total. The molecule has 1 rings (SSSR count). The van der Waals surface area contributed by atoms with Crippen molar-refractivity contribution in [3.05, 3.63) is 10.1 Å². The van der Waals surface area contributed by atoms with Gasteiger partial charge in [-0.15, -0.1) is 0 Å². The van der Waals surface area contributed by atoms with Crippen molar-refractivity contribution in [1.82, 2.24) is 0 Å². The van der Waals surface area contributed by atoms with Gasteiger partial charge < -0.3 is 14.6 Å². The summed E-state index contributed by atoms with van der Waals surface area (Å²) in [6.45, 7) is 0.787. The Bertz CT molecular complexity index is 220. The maximum Gasteiger partial charge on any atom is 0.348 e. The number of aliphatic carboxylic acids is 1. The molecule has 0 saturated carbocycles. The van der Waals surface area contributed by atoms with Gasteiger partial charge in [0.2, 0.25) is 0 Å². The van der Waals surface area contributed by atoms with Crippen molar-refractivity contribution >= 4 is 29.2 Å². The third kappa shape index (κ3) is 2.10. The van der Waals surface area contributed by atoms with Gasteiger partial charge in [-0.1, -0.05) is 23.2 Å². The van der Waals surface area contributed by atoms with E-state index in [0.717, 1.165) is 0 Å². The van der Waals surface area contributed by atoms with Gasteiger partial charge in [-0.3, -0.25) is 0 Å². The van der Waals surface area contributed by atoms with Gasteiger partial charge in [-0.2, -0.15) is 0 Å². The average Bonchev–Trinajstić information content (AvgIpc) is 2.53. The van der Waals surface area contributed by atoms with Crippen LogP contribution in [0.25, 0.3) is 0 Å². The molecule has 0 bridgehead atoms. The summed E-state index contributed by atoms with van der Waals surface area (Å²) < 4.78 is 9.85. The first-order valence-electron chi connectivity index (χ1n) is 3.14. The Morgan fingerprint density at radius 2 is 1.83 bits per heavy atom. The topological polar surface area (TPSA) is 55.8 Å². The Hall–Kier alpha value is -0.290. The van der Waals surface area contributed by atoms with E-state index < -0.39 is 17.3 Å². The van der Waals surface area contributed by atoms with Crippen molar-refractivity contribution in [2.45, 2.75) is 6.29 Å². The van der Waals surface area contributed by atoms with E-state index >= 15 is 0 Å². The summed E-state index contributed by atoms with van der Waals surface area (Å²) in [5.74, 6) is -1.29. The van der Waals surface area contributed by atoms with E-state index in [1.54, 1.807) is 0 Å². The molecule has 0 unspecified atom stereocenters. The molecular formula is C6H6Cl2O4. The van der Waals surface area contributed by atoms with E-state index in [1.165, 1.54) is 0 Å². The first-order valence-corrected chi connectivity index (χ1v) is 3.90. The second-order valence-corrected chi connectivity index (χ2v) is 2.83. The van der Waals surface area contributed by atoms with Gasteiger partial charge in [-0.05, 0) is 0 Å². The fourth-order valence-corrected chi connectivity index (χ4v) is 1.01. The van der Waals surface area contributed by atoms with Crippen LogP contribution in [0, 0.1) is 0 Å². The highest BCUT2D eigenvalue weighted by Gasteiger charge is 2.24. The Morgan fingerprint density at radius 1 is 1.33 bits per heavy atom. The molecule has 0 aromatic carbocycles. The van der Waals surface area contributed by atoms with Crippen molar-refractivity contribution in [1.29, 1.82) is 0 Å². The zero-order valence-corrected chi connectivity index (χ0v) is 7.43. The first-order chi connectivity index (χ1) is 5.63. The Kier molecular flexibility index (Phi) is 3.34. The minimum atomic E-state index is -1.29. The highest BCUT2D eigenvalue weighted by atomic mass is 35.5. The van der Waals surface area contributed by atoms with Crippen LogP contribution < -0.4 is 0 Å². The van der Waals surface area contributed by atoms with Gasteiger partial charge in [-0.25, -0.2) is 4.79 Å². The smallest absolute Gasteiger partial charge is 0.348 e. The zero-order valence-electron chi connectivity index (χ0n) is 5.92. The lowest BCUT2D eigenvalue weighted by atomic mass is 10.5. The number of hydrogen-bond donors (Lipinski definition) is 1. The number of hydrogen-bond acceptors (Lipinski definition) is 3. The summed E-state index contributed by atoms with van der Waals surface area (Å²) >= 11 is 10.9. The number of halogens is 2. The van der Waals surface area contributed by atoms with Gasteiger partial charge in [0.05, 0.1) is 18.2 Å². The predicted molar refractivity (Wildman–Crippen MR) is 42.1 cm³/mol. The van der Waals surface area contributed by atoms with Crippen molar-refractivity contribution < 1.29 is 19.4 Å². The molecule has 0 radical (unpaired) electrons. The molecule has 1 aliphatic heterocycles. The normalized spacial score (nSPS) is 20.8. The fraction of sp³-hybridized carbons (Fsp3) is 0.500. The molecule has 0 spiro atoms. The van der Waals surface area contributed by atoms with Crippen LogP contribution in [0.15, 0.2) is 10.1 Å². The molecule has 6 heteroatoms. The van der Waals surface area contributed by atoms with Crippen LogP contribution >= 0.6 is 23.2 Å². The van der Waals surface area contributed by atoms with Crippen LogP contribution in [0.3, 0.4) is 0 Å². The van der Waals surface area contributed by atoms with Crippen LogP contribution in [0.1, 0.15) is 0 Å². The number of carboxylic acids is 1. The Balaban J connectivity index is 2.72. The third-order valence-corrected chi connectivity index (χ3v) is 2.06. The third-order valence-electron chi connectivity index (χ3n) is 1.23. The van der Waals surface area contributed by atoms with Crippen LogP contribution in [0.4, 0.5) is 0 Å². The second kappa shape index (κ2) is 4.09. The maximum absolute atomic E-state index is 10.3. The molecule has 1 saturated heterocycles. The molecule has 0 atom stereocenters. The molecule has 1 aliphatic rings. The molecule has 0 aromatic rings. The summed E-state index contributed by atoms with van der Waals surface area (Å²) in [4.78, 5) is 10.3. The van der Waals surface area contributed by atoms with Gasteiger partial charge >= 0.3 is 5.97 Å². The van der Waals surface area contributed by atoms with Crippen molar-refractivity contribution in [2.75, 3.05) is 13.2 Å². The molecule has 1 heterocycles. The number of rotatable bonds is 2. The summed E-state index contributed by atoms with van der Waals surface area (Å²) in [6.07, 6.45) is -0.824. The van der Waals surface area contributed by atoms with Crippen molar-refractivity contribution in [3.63, 3.8) is 0 Å². The quantitative estimate of drug-likeness (QED) is 0.698. The minimum Gasteiger partial charge on any atom is -0.477 e. The van der Waals surface area contributed by atoms with E-state index in [4.69, 9.17) is 37.8 Å². The maximum atomic E-state index is 10.3. The van der Waals surface area contributed by atoms with Crippen LogP contribution in [-0.4, -0.2) is 30.6 Å². The SMILES string of the molecule is O=C(O)/C(Cl)=C(\Cl)C1OCCO1. The highest BCUT2D eigenvalue weighted by Crippen LogP contribution is 2.23. The van der Waals surface area contributed by atoms with E-state index in [9.17, 15) is 4.79 Å². The molecular weight excluding hydrogens is 207 g/mol. The predicted octanol–water partition coefficient (Wildman–Crippen LogP) is 1.13. The molecule has 12 heavy (non-hydrogen) atoms. The van der Waals surface area contributed by atoms with E-state index in [0.29, 0.717) is 13.2 Å². The summed E-state index contributed by atoms with van der Waals surface area (Å²) in [5.41, 5.74) is 0. The highest BCUT2D eigenvalue weighted by molar-refractivity contribution is 6.47. The average molecular weight is 213 g/mol. The van der Waals surface area contributed by atoms with Crippen molar-refractivity contribution in [2.24, 2.45) is 0 Å². The summed E-state index contributed by atoms with van der Waals surface area (Å²) in [5, 5.41) is 7.84. The van der Waals surface area contributed by atoms with Gasteiger partial charge in [0.15, 0.2) is 6.29 Å². The summed E-state index contributed by atoms with van der Waals surface area (Å²) in [6, 6.07) is 0. The van der Waals surface area contributed by atoms with E-state index in [2.05, 4.69) is 0 Å². The molecule has 68 valence electrons. The van der Waals surface area contributed by atoms with Gasteiger partial charge in [0, 0.05) is 0 Å². The Labute approximate surface area is 78.7 Å². The van der Waals surface area contributed by atoms with Crippen LogP contribution in [0.5, 0.6) is 0 Å². The number of ether oxygens (including phenoxy) is 2. The monoisotopic (exact) mass is 212 g/mol. The van der Waals surface area contributed by atoms with Gasteiger partial charge in [0.25, 0.3) is 0 Å². The molecule has 0 aromatic heterocycles. The van der Waals surface area contributed by atoms with Crippen LogP contribution in [-0.2, 0) is 14.3 Å². The molecule has 4 nitrogen and oxygen atoms in total. The first kappa shape index (κ1) is 9.80. The lowest BCUT2D eigenvalue weighted by molar-refractivity contribution is -0.132. The largest absolute Gasteiger partial charge is 0.477 e. The fourth-order valence-electron chi connectivity index (χ4n) is 0.710. The molecule has 1 fully saturated rings. The standard InChI is InChI=1S/C6H6Cl2O4/c7-3(5(9)10)4(8)6-11-1-2-12-6/h6H,1-2H2,(H,9,10)/b4-3+. The number of carbonyl (C=O) groups is 1. The van der Waals surface area contributed by atoms with E-state index in [1.807, 2.05) is 0 Å². The van der Waals surface area contributed by atoms with Crippen molar-refractivity contribution in [3.8, 4) is 0 Å². The van der Waals surface area contributed by atoms with Crippen LogP contribution in [0.2, 0.25) is 0 Å². The minimum absolute atomic E-state index is 0.123. The Morgan fingerprint density at radius 3 is 2.25 bits per heavy atom. The zero-order chi connectivity index (χ0) is 9.14. The molecule has 0 aliphatic carbocycles. The lowest BCUT2D eigenvalue weighted by Crippen LogP contribution is -2.11.